The van der Waals surface area contributed by atoms with Crippen LogP contribution in [0.3, 0.4) is 0 Å². The highest BCUT2D eigenvalue weighted by Gasteiger charge is 2.26. The summed E-state index contributed by atoms with van der Waals surface area (Å²) >= 11 is 0. The van der Waals surface area contributed by atoms with Gasteiger partial charge in [0.05, 0.1) is 13.2 Å². The normalized spacial score (nSPS) is 12.8. The van der Waals surface area contributed by atoms with E-state index < -0.39 is 35.4 Å². The maximum absolute atomic E-state index is 11.9. The fourth-order valence-corrected chi connectivity index (χ4v) is 1.39. The largest absolute Gasteiger partial charge is 0.464 e. The minimum absolute atomic E-state index is 0.151. The average Bonchev–Trinajstić information content (AvgIpc) is 2.30. The fraction of sp³-hybridized carbons (Fsp3) is 0.800. The number of hydrogen-bond donors (Lipinski definition) is 2. The van der Waals surface area contributed by atoms with Gasteiger partial charge in [0.2, 0.25) is 0 Å². The van der Waals surface area contributed by atoms with Crippen molar-refractivity contribution in [2.75, 3.05) is 13.2 Å². The maximum atomic E-state index is 11.9. The number of esters is 1. The van der Waals surface area contributed by atoms with Crippen molar-refractivity contribution in [3.63, 3.8) is 0 Å². The molecule has 0 aliphatic rings. The van der Waals surface area contributed by atoms with Gasteiger partial charge in [-0.2, -0.15) is 0 Å². The molecule has 0 saturated carbocycles. The molecule has 0 aromatic carbocycles. The molecule has 1 unspecified atom stereocenters. The predicted octanol–water partition coefficient (Wildman–Crippen LogP) is 1.97. The van der Waals surface area contributed by atoms with E-state index in [2.05, 4.69) is 10.6 Å². The maximum Gasteiger partial charge on any atom is 0.408 e. The van der Waals surface area contributed by atoms with Crippen LogP contribution in [0.25, 0.3) is 0 Å². The minimum Gasteiger partial charge on any atom is -0.464 e. The molecule has 2 N–H and O–H groups in total. The van der Waals surface area contributed by atoms with Gasteiger partial charge >= 0.3 is 18.2 Å². The van der Waals surface area contributed by atoms with Crippen molar-refractivity contribution in [2.24, 2.45) is 0 Å². The Morgan fingerprint density at radius 2 is 1.39 bits per heavy atom. The van der Waals surface area contributed by atoms with Gasteiger partial charge in [-0.05, 0) is 48.5 Å². The average molecular weight is 332 g/mol. The van der Waals surface area contributed by atoms with E-state index in [1.807, 2.05) is 0 Å². The number of alkyl carbamates (subject to hydrolysis) is 2. The number of rotatable bonds is 5. The smallest absolute Gasteiger partial charge is 0.408 e. The van der Waals surface area contributed by atoms with E-state index >= 15 is 0 Å². The van der Waals surface area contributed by atoms with Gasteiger partial charge in [-0.1, -0.05) is 0 Å². The second kappa shape index (κ2) is 8.59. The SMILES string of the molecule is CCOC(=O)C(CNC(=O)OC(C)(C)C)NC(=O)OC(C)(C)C. The van der Waals surface area contributed by atoms with Gasteiger partial charge in [0, 0.05) is 0 Å². The van der Waals surface area contributed by atoms with E-state index in [-0.39, 0.29) is 13.2 Å². The van der Waals surface area contributed by atoms with Crippen LogP contribution in [-0.4, -0.2) is 48.6 Å². The Bertz CT molecular complexity index is 423. The van der Waals surface area contributed by atoms with Crippen LogP contribution >= 0.6 is 0 Å². The lowest BCUT2D eigenvalue weighted by Crippen LogP contribution is -2.50. The number of ether oxygens (including phenoxy) is 3. The van der Waals surface area contributed by atoms with Gasteiger partial charge in [-0.15, -0.1) is 0 Å². The Kier molecular flexibility index (Phi) is 7.85. The van der Waals surface area contributed by atoms with Crippen molar-refractivity contribution >= 4 is 18.2 Å². The molecular formula is C15H28N2O6. The Labute approximate surface area is 137 Å². The molecule has 8 nitrogen and oxygen atoms in total. The third-order valence-electron chi connectivity index (χ3n) is 2.11. The zero-order valence-electron chi connectivity index (χ0n) is 14.9. The molecule has 0 rings (SSSR count). The standard InChI is InChI=1S/C15H28N2O6/c1-8-21-11(18)10(17-13(20)23-15(5,6)7)9-16-12(19)22-14(2,3)4/h10H,8-9H2,1-7H3,(H,16,19)(H,17,20). The minimum atomic E-state index is -1.07. The van der Waals surface area contributed by atoms with Crippen LogP contribution in [0, 0.1) is 0 Å². The summed E-state index contributed by atoms with van der Waals surface area (Å²) in [4.78, 5) is 35.3. The van der Waals surface area contributed by atoms with E-state index in [0.29, 0.717) is 0 Å². The lowest BCUT2D eigenvalue weighted by atomic mass is 10.2. The van der Waals surface area contributed by atoms with Gasteiger partial charge in [-0.25, -0.2) is 14.4 Å². The molecular weight excluding hydrogens is 304 g/mol. The quantitative estimate of drug-likeness (QED) is 0.589. The van der Waals surface area contributed by atoms with Crippen LogP contribution in [0.4, 0.5) is 9.59 Å². The third-order valence-corrected chi connectivity index (χ3v) is 2.11. The molecule has 0 aromatic rings. The van der Waals surface area contributed by atoms with Crippen molar-refractivity contribution in [3.05, 3.63) is 0 Å². The first-order chi connectivity index (χ1) is 10.3. The summed E-state index contributed by atoms with van der Waals surface area (Å²) in [6, 6.07) is -1.07. The third kappa shape index (κ3) is 11.3. The first-order valence-electron chi connectivity index (χ1n) is 7.47. The molecule has 0 bridgehead atoms. The molecule has 0 fully saturated rings. The highest BCUT2D eigenvalue weighted by molar-refractivity contribution is 5.82. The Hall–Kier alpha value is -1.99. The molecule has 134 valence electrons. The Morgan fingerprint density at radius 3 is 1.83 bits per heavy atom. The molecule has 0 aromatic heterocycles. The molecule has 0 aliphatic carbocycles. The van der Waals surface area contributed by atoms with E-state index in [9.17, 15) is 14.4 Å². The summed E-state index contributed by atoms with van der Waals surface area (Å²) in [5, 5.41) is 4.78. The Morgan fingerprint density at radius 1 is 0.913 bits per heavy atom. The summed E-state index contributed by atoms with van der Waals surface area (Å²) in [7, 11) is 0. The van der Waals surface area contributed by atoms with Crippen molar-refractivity contribution in [3.8, 4) is 0 Å². The lowest BCUT2D eigenvalue weighted by molar-refractivity contribution is -0.145. The first kappa shape index (κ1) is 21.0. The van der Waals surface area contributed by atoms with Crippen LogP contribution in [-0.2, 0) is 19.0 Å². The number of carbonyl (C=O) groups excluding carboxylic acids is 3. The Balaban J connectivity index is 4.67. The summed E-state index contributed by atoms with van der Waals surface area (Å²) in [5.74, 6) is -0.672. The second-order valence-electron chi connectivity index (χ2n) is 6.83. The van der Waals surface area contributed by atoms with Crippen LogP contribution in [0.5, 0.6) is 0 Å². The van der Waals surface area contributed by atoms with Gasteiger partial charge in [0.1, 0.15) is 17.2 Å². The number of hydrogen-bond acceptors (Lipinski definition) is 6. The number of nitrogens with one attached hydrogen (secondary N) is 2. The highest BCUT2D eigenvalue weighted by Crippen LogP contribution is 2.08. The summed E-state index contributed by atoms with van der Waals surface area (Å²) in [5.41, 5.74) is -1.37. The molecule has 1 atom stereocenters. The predicted molar refractivity (Wildman–Crippen MR) is 84.0 cm³/mol. The molecule has 0 heterocycles. The van der Waals surface area contributed by atoms with Gasteiger partial charge < -0.3 is 24.8 Å². The van der Waals surface area contributed by atoms with Gasteiger partial charge in [0.25, 0.3) is 0 Å². The number of amides is 2. The topological polar surface area (TPSA) is 103 Å². The first-order valence-corrected chi connectivity index (χ1v) is 7.47. The zero-order valence-corrected chi connectivity index (χ0v) is 14.9. The van der Waals surface area contributed by atoms with E-state index in [0.717, 1.165) is 0 Å². The van der Waals surface area contributed by atoms with Crippen molar-refractivity contribution < 1.29 is 28.6 Å². The molecule has 0 saturated heterocycles. The van der Waals surface area contributed by atoms with Gasteiger partial charge in [0.15, 0.2) is 0 Å². The summed E-state index contributed by atoms with van der Waals surface area (Å²) in [6.45, 7) is 11.9. The summed E-state index contributed by atoms with van der Waals surface area (Å²) < 4.78 is 15.0. The van der Waals surface area contributed by atoms with Crippen LogP contribution in [0.1, 0.15) is 48.5 Å². The lowest BCUT2D eigenvalue weighted by Gasteiger charge is -2.24. The molecule has 0 spiro atoms. The van der Waals surface area contributed by atoms with Crippen LogP contribution in [0.2, 0.25) is 0 Å². The molecule has 2 amide bonds. The van der Waals surface area contributed by atoms with Crippen LogP contribution in [0.15, 0.2) is 0 Å². The van der Waals surface area contributed by atoms with Crippen molar-refractivity contribution in [2.45, 2.75) is 65.7 Å². The fourth-order valence-electron chi connectivity index (χ4n) is 1.39. The van der Waals surface area contributed by atoms with Gasteiger partial charge in [-0.3, -0.25) is 0 Å². The highest BCUT2D eigenvalue weighted by atomic mass is 16.6. The number of carbonyl (C=O) groups is 3. The molecule has 8 heteroatoms. The zero-order chi connectivity index (χ0) is 18.3. The van der Waals surface area contributed by atoms with Crippen LogP contribution < -0.4 is 10.6 Å². The molecule has 0 aliphatic heterocycles. The van der Waals surface area contributed by atoms with E-state index in [1.165, 1.54) is 0 Å². The second-order valence-corrected chi connectivity index (χ2v) is 6.83. The monoisotopic (exact) mass is 332 g/mol. The summed E-state index contributed by atoms with van der Waals surface area (Å²) in [6.07, 6.45) is -1.47. The van der Waals surface area contributed by atoms with E-state index in [1.54, 1.807) is 48.5 Å². The van der Waals surface area contributed by atoms with Crippen molar-refractivity contribution in [1.29, 1.82) is 0 Å². The van der Waals surface area contributed by atoms with Crippen molar-refractivity contribution in [1.82, 2.24) is 10.6 Å². The molecule has 0 radical (unpaired) electrons. The van der Waals surface area contributed by atoms with E-state index in [4.69, 9.17) is 14.2 Å². The molecule has 23 heavy (non-hydrogen) atoms.